The van der Waals surface area contributed by atoms with Crippen molar-refractivity contribution in [3.8, 4) is 17.1 Å². The number of methoxy groups -OCH3 is 1. The number of amides is 1. The summed E-state index contributed by atoms with van der Waals surface area (Å²) < 4.78 is 5.30. The van der Waals surface area contributed by atoms with E-state index in [9.17, 15) is 4.79 Å². The quantitative estimate of drug-likeness (QED) is 0.689. The lowest BCUT2D eigenvalue weighted by Gasteiger charge is -2.08. The molecule has 26 heavy (non-hydrogen) atoms. The molecule has 1 amide bonds. The second-order valence-corrected chi connectivity index (χ2v) is 6.00. The van der Waals surface area contributed by atoms with Crippen LogP contribution in [-0.2, 0) is 17.8 Å². The van der Waals surface area contributed by atoms with Gasteiger partial charge in [0.05, 0.1) is 7.11 Å². The highest BCUT2D eigenvalue weighted by molar-refractivity contribution is 6.30. The standard InChI is InChI=1S/C18H18ClN5O2/c1-26-16-8-3-2-5-13(16)9-10-20-17(25)12-24-22-18(21-23-24)14-6-4-7-15(19)11-14/h2-8,11H,9-10,12H2,1H3,(H,20,25). The number of tetrazole rings is 1. The molecule has 1 aromatic heterocycles. The average Bonchev–Trinajstić information content (AvgIpc) is 3.10. The maximum absolute atomic E-state index is 12.1. The Morgan fingerprint density at radius 2 is 2.08 bits per heavy atom. The Kier molecular flexibility index (Phi) is 5.80. The molecule has 8 heteroatoms. The van der Waals surface area contributed by atoms with Crippen molar-refractivity contribution in [2.45, 2.75) is 13.0 Å². The van der Waals surface area contributed by atoms with Crippen LogP contribution in [-0.4, -0.2) is 39.8 Å². The average molecular weight is 372 g/mol. The number of hydrogen-bond acceptors (Lipinski definition) is 5. The van der Waals surface area contributed by atoms with E-state index in [0.717, 1.165) is 16.9 Å². The van der Waals surface area contributed by atoms with Gasteiger partial charge in [0, 0.05) is 17.1 Å². The first kappa shape index (κ1) is 17.9. The van der Waals surface area contributed by atoms with Gasteiger partial charge in [0.25, 0.3) is 0 Å². The summed E-state index contributed by atoms with van der Waals surface area (Å²) in [7, 11) is 1.63. The summed E-state index contributed by atoms with van der Waals surface area (Å²) in [6.45, 7) is 0.495. The van der Waals surface area contributed by atoms with Crippen LogP contribution in [0.1, 0.15) is 5.56 Å². The van der Waals surface area contributed by atoms with E-state index in [2.05, 4.69) is 20.7 Å². The van der Waals surface area contributed by atoms with E-state index in [-0.39, 0.29) is 12.5 Å². The summed E-state index contributed by atoms with van der Waals surface area (Å²) in [4.78, 5) is 13.3. The Morgan fingerprint density at radius 3 is 2.88 bits per heavy atom. The van der Waals surface area contributed by atoms with E-state index in [1.165, 1.54) is 4.80 Å². The van der Waals surface area contributed by atoms with Crippen molar-refractivity contribution in [1.29, 1.82) is 0 Å². The number of halogens is 1. The highest BCUT2D eigenvalue weighted by Crippen LogP contribution is 2.18. The number of nitrogens with one attached hydrogen (secondary N) is 1. The third-order valence-electron chi connectivity index (χ3n) is 3.73. The van der Waals surface area contributed by atoms with Crippen LogP contribution < -0.4 is 10.1 Å². The minimum Gasteiger partial charge on any atom is -0.496 e. The lowest BCUT2D eigenvalue weighted by atomic mass is 10.1. The molecule has 0 spiro atoms. The normalized spacial score (nSPS) is 10.5. The molecule has 0 radical (unpaired) electrons. The van der Waals surface area contributed by atoms with Crippen LogP contribution in [0.5, 0.6) is 5.75 Å². The van der Waals surface area contributed by atoms with Crippen LogP contribution in [0.25, 0.3) is 11.4 Å². The molecule has 0 unspecified atom stereocenters. The molecule has 0 atom stereocenters. The fraction of sp³-hybridized carbons (Fsp3) is 0.222. The number of nitrogens with zero attached hydrogens (tertiary/aromatic N) is 4. The molecule has 3 rings (SSSR count). The van der Waals surface area contributed by atoms with Gasteiger partial charge in [-0.15, -0.1) is 10.2 Å². The molecule has 0 aliphatic carbocycles. The first-order chi connectivity index (χ1) is 12.7. The SMILES string of the molecule is COc1ccccc1CCNC(=O)Cn1nnc(-c2cccc(Cl)c2)n1. The third kappa shape index (κ3) is 4.58. The first-order valence-corrected chi connectivity index (χ1v) is 8.46. The first-order valence-electron chi connectivity index (χ1n) is 8.08. The van der Waals surface area contributed by atoms with Crippen molar-refractivity contribution in [2.24, 2.45) is 0 Å². The minimum atomic E-state index is -0.185. The predicted octanol–water partition coefficient (Wildman–Crippen LogP) is 2.36. The van der Waals surface area contributed by atoms with Gasteiger partial charge >= 0.3 is 0 Å². The minimum absolute atomic E-state index is 0.000506. The van der Waals surface area contributed by atoms with E-state index in [1.54, 1.807) is 19.2 Å². The van der Waals surface area contributed by atoms with Gasteiger partial charge in [-0.1, -0.05) is 41.9 Å². The van der Waals surface area contributed by atoms with Crippen molar-refractivity contribution in [3.63, 3.8) is 0 Å². The number of benzene rings is 2. The van der Waals surface area contributed by atoms with Gasteiger partial charge in [0.1, 0.15) is 12.3 Å². The van der Waals surface area contributed by atoms with Crippen molar-refractivity contribution in [1.82, 2.24) is 25.5 Å². The Balaban J connectivity index is 1.52. The molecular formula is C18H18ClN5O2. The summed E-state index contributed by atoms with van der Waals surface area (Å²) in [6.07, 6.45) is 0.675. The van der Waals surface area contributed by atoms with Gasteiger partial charge in [-0.3, -0.25) is 4.79 Å². The van der Waals surface area contributed by atoms with Crippen LogP contribution in [0.3, 0.4) is 0 Å². The van der Waals surface area contributed by atoms with Gasteiger partial charge < -0.3 is 10.1 Å². The van der Waals surface area contributed by atoms with Crippen LogP contribution in [0.2, 0.25) is 5.02 Å². The van der Waals surface area contributed by atoms with Crippen LogP contribution in [0, 0.1) is 0 Å². The summed E-state index contributed by atoms with van der Waals surface area (Å²) >= 11 is 5.96. The van der Waals surface area contributed by atoms with Gasteiger partial charge in [0.2, 0.25) is 11.7 Å². The molecule has 2 aromatic carbocycles. The van der Waals surface area contributed by atoms with Crippen LogP contribution >= 0.6 is 11.6 Å². The molecular weight excluding hydrogens is 354 g/mol. The van der Waals surface area contributed by atoms with E-state index >= 15 is 0 Å². The van der Waals surface area contributed by atoms with Gasteiger partial charge in [-0.25, -0.2) is 0 Å². The molecule has 3 aromatic rings. The van der Waals surface area contributed by atoms with Crippen molar-refractivity contribution in [2.75, 3.05) is 13.7 Å². The van der Waals surface area contributed by atoms with E-state index in [4.69, 9.17) is 16.3 Å². The molecule has 0 saturated heterocycles. The molecule has 0 aliphatic rings. The highest BCUT2D eigenvalue weighted by Gasteiger charge is 2.10. The second kappa shape index (κ2) is 8.44. The molecule has 0 fully saturated rings. The lowest BCUT2D eigenvalue weighted by Crippen LogP contribution is -2.30. The Bertz CT molecular complexity index is 897. The van der Waals surface area contributed by atoms with Gasteiger partial charge in [-0.2, -0.15) is 4.80 Å². The number of hydrogen-bond donors (Lipinski definition) is 1. The molecule has 0 bridgehead atoms. The van der Waals surface area contributed by atoms with Gasteiger partial charge in [-0.05, 0) is 35.4 Å². The van der Waals surface area contributed by atoms with Crippen LogP contribution in [0.4, 0.5) is 0 Å². The topological polar surface area (TPSA) is 81.9 Å². The van der Waals surface area contributed by atoms with E-state index in [0.29, 0.717) is 23.8 Å². The fourth-order valence-electron chi connectivity index (χ4n) is 2.48. The number of carbonyl (C=O) groups excluding carboxylic acids is 1. The monoisotopic (exact) mass is 371 g/mol. The zero-order valence-corrected chi connectivity index (χ0v) is 15.0. The fourth-order valence-corrected chi connectivity index (χ4v) is 2.67. The number of ether oxygens (including phenoxy) is 1. The summed E-state index contributed by atoms with van der Waals surface area (Å²) in [5.74, 6) is 1.05. The highest BCUT2D eigenvalue weighted by atomic mass is 35.5. The molecule has 7 nitrogen and oxygen atoms in total. The summed E-state index contributed by atoms with van der Waals surface area (Å²) in [6, 6.07) is 14.9. The smallest absolute Gasteiger partial charge is 0.243 e. The Labute approximate surface area is 155 Å². The number of para-hydroxylation sites is 1. The van der Waals surface area contributed by atoms with Crippen molar-refractivity contribution < 1.29 is 9.53 Å². The van der Waals surface area contributed by atoms with E-state index in [1.807, 2.05) is 36.4 Å². The largest absolute Gasteiger partial charge is 0.496 e. The Hall–Kier alpha value is -2.93. The zero-order valence-electron chi connectivity index (χ0n) is 14.2. The van der Waals surface area contributed by atoms with Crippen LogP contribution in [0.15, 0.2) is 48.5 Å². The van der Waals surface area contributed by atoms with Gasteiger partial charge in [0.15, 0.2) is 0 Å². The Morgan fingerprint density at radius 1 is 1.23 bits per heavy atom. The zero-order chi connectivity index (χ0) is 18.4. The predicted molar refractivity (Wildman–Crippen MR) is 98.0 cm³/mol. The number of rotatable bonds is 7. The van der Waals surface area contributed by atoms with Crippen molar-refractivity contribution in [3.05, 3.63) is 59.1 Å². The van der Waals surface area contributed by atoms with E-state index < -0.39 is 0 Å². The summed E-state index contributed by atoms with van der Waals surface area (Å²) in [5, 5.41) is 15.5. The number of aromatic nitrogens is 4. The third-order valence-corrected chi connectivity index (χ3v) is 3.96. The molecule has 134 valence electrons. The molecule has 1 heterocycles. The maximum Gasteiger partial charge on any atom is 0.243 e. The molecule has 1 N–H and O–H groups in total. The maximum atomic E-state index is 12.1. The molecule has 0 saturated carbocycles. The van der Waals surface area contributed by atoms with Crippen molar-refractivity contribution >= 4 is 17.5 Å². The lowest BCUT2D eigenvalue weighted by molar-refractivity contribution is -0.122. The summed E-state index contributed by atoms with van der Waals surface area (Å²) in [5.41, 5.74) is 1.79. The number of carbonyl (C=O) groups is 1. The molecule has 0 aliphatic heterocycles. The second-order valence-electron chi connectivity index (χ2n) is 5.57.